The van der Waals surface area contributed by atoms with Gasteiger partial charge >= 0.3 is 0 Å². The molecule has 142 valence electrons. The lowest BCUT2D eigenvalue weighted by molar-refractivity contribution is -0.140. The van der Waals surface area contributed by atoms with Crippen LogP contribution in [0.3, 0.4) is 0 Å². The van der Waals surface area contributed by atoms with Gasteiger partial charge in [-0.2, -0.15) is 0 Å². The molecule has 1 amide bonds. The fourth-order valence-corrected chi connectivity index (χ4v) is 4.99. The van der Waals surface area contributed by atoms with Crippen LogP contribution in [0.5, 0.6) is 0 Å². The lowest BCUT2D eigenvalue weighted by Crippen LogP contribution is -2.45. The third kappa shape index (κ3) is 3.65. The highest BCUT2D eigenvalue weighted by Gasteiger charge is 2.42. The second-order valence-corrected chi connectivity index (χ2v) is 8.06. The summed E-state index contributed by atoms with van der Waals surface area (Å²) in [7, 11) is 0. The first-order valence-corrected chi connectivity index (χ1v) is 10.1. The molecule has 5 heteroatoms. The largest absolute Gasteiger partial charge is 0.368 e. The number of carbonyl (C=O) groups excluding carboxylic acids is 1. The van der Waals surface area contributed by atoms with Gasteiger partial charge in [0, 0.05) is 31.8 Å². The molecule has 26 heavy (non-hydrogen) atoms. The fraction of sp³-hybridized carbons (Fsp3) is 0.667. The number of likely N-dealkylation sites (tertiary alicyclic amines) is 2. The Morgan fingerprint density at radius 1 is 1.08 bits per heavy atom. The molecule has 4 nitrogen and oxygen atoms in total. The summed E-state index contributed by atoms with van der Waals surface area (Å²) in [5, 5.41) is 0. The molecule has 3 aliphatic rings. The van der Waals surface area contributed by atoms with Crippen LogP contribution >= 0.6 is 0 Å². The molecule has 3 heterocycles. The maximum Gasteiger partial charge on any atom is 0.251 e. The standard InChI is InChI=1S/C21H29FN2O2/c22-18-7-5-17(6-8-18)16-24-13-3-10-21(24)9-2-12-23(14-11-21)20(25)19-4-1-15-26-19/h5-8,19H,1-4,9-16H2/t19-,21?/m1/s1. The summed E-state index contributed by atoms with van der Waals surface area (Å²) in [6, 6.07) is 6.89. The second kappa shape index (κ2) is 7.65. The molecule has 0 bridgehead atoms. The average molecular weight is 360 g/mol. The Bertz CT molecular complexity index is 629. The molecule has 4 rings (SSSR count). The molecule has 1 aromatic rings. The Morgan fingerprint density at radius 2 is 1.85 bits per heavy atom. The second-order valence-electron chi connectivity index (χ2n) is 8.06. The quantitative estimate of drug-likeness (QED) is 0.829. The van der Waals surface area contributed by atoms with Gasteiger partial charge in [-0.3, -0.25) is 9.69 Å². The summed E-state index contributed by atoms with van der Waals surface area (Å²) >= 11 is 0. The van der Waals surface area contributed by atoms with Crippen molar-refractivity contribution in [3.8, 4) is 0 Å². The Kier molecular flexibility index (Phi) is 5.28. The van der Waals surface area contributed by atoms with Crippen molar-refractivity contribution < 1.29 is 13.9 Å². The van der Waals surface area contributed by atoms with Crippen molar-refractivity contribution in [2.75, 3.05) is 26.2 Å². The van der Waals surface area contributed by atoms with Crippen LogP contribution in [0.1, 0.15) is 50.5 Å². The minimum atomic E-state index is -0.206. The van der Waals surface area contributed by atoms with Crippen molar-refractivity contribution >= 4 is 5.91 Å². The van der Waals surface area contributed by atoms with E-state index >= 15 is 0 Å². The first kappa shape index (κ1) is 17.9. The third-order valence-corrected chi connectivity index (χ3v) is 6.46. The minimum absolute atomic E-state index is 0.178. The van der Waals surface area contributed by atoms with Crippen molar-refractivity contribution in [1.29, 1.82) is 0 Å². The normalized spacial score (nSPS) is 30.0. The molecule has 2 atom stereocenters. The van der Waals surface area contributed by atoms with Gasteiger partial charge in [-0.05, 0) is 69.2 Å². The van der Waals surface area contributed by atoms with Gasteiger partial charge in [-0.1, -0.05) is 12.1 Å². The Hall–Kier alpha value is -1.46. The molecule has 0 N–H and O–H groups in total. The molecule has 0 radical (unpaired) electrons. The van der Waals surface area contributed by atoms with Crippen LogP contribution in [0, 0.1) is 5.82 Å². The van der Waals surface area contributed by atoms with Gasteiger partial charge in [0.2, 0.25) is 0 Å². The van der Waals surface area contributed by atoms with Gasteiger partial charge in [-0.25, -0.2) is 4.39 Å². The van der Waals surface area contributed by atoms with E-state index < -0.39 is 0 Å². The summed E-state index contributed by atoms with van der Waals surface area (Å²) in [5.74, 6) is 0.0188. The van der Waals surface area contributed by atoms with Crippen molar-refractivity contribution in [2.24, 2.45) is 0 Å². The summed E-state index contributed by atoms with van der Waals surface area (Å²) in [6.07, 6.45) is 7.31. The summed E-state index contributed by atoms with van der Waals surface area (Å²) in [6.45, 7) is 4.38. The molecule has 0 saturated carbocycles. The molecule has 0 aliphatic carbocycles. The Labute approximate surface area is 155 Å². The molecular weight excluding hydrogens is 331 g/mol. The van der Waals surface area contributed by atoms with E-state index in [4.69, 9.17) is 4.74 Å². The SMILES string of the molecule is O=C([C@H]1CCCO1)N1CCCC2(CCCN2Cc2ccc(F)cc2)CC1. The van der Waals surface area contributed by atoms with Crippen molar-refractivity contribution in [3.05, 3.63) is 35.6 Å². The fourth-order valence-electron chi connectivity index (χ4n) is 4.99. The minimum Gasteiger partial charge on any atom is -0.368 e. The van der Waals surface area contributed by atoms with Crippen LogP contribution < -0.4 is 0 Å². The summed E-state index contributed by atoms with van der Waals surface area (Å²) in [5.41, 5.74) is 1.36. The molecule has 3 saturated heterocycles. The molecular formula is C21H29FN2O2. The van der Waals surface area contributed by atoms with Gasteiger partial charge in [0.05, 0.1) is 0 Å². The number of halogens is 1. The zero-order chi connectivity index (χ0) is 18.0. The van der Waals surface area contributed by atoms with Crippen LogP contribution in [0.2, 0.25) is 0 Å². The van der Waals surface area contributed by atoms with Crippen LogP contribution in [0.25, 0.3) is 0 Å². The topological polar surface area (TPSA) is 32.8 Å². The highest BCUT2D eigenvalue weighted by molar-refractivity contribution is 5.81. The molecule has 3 fully saturated rings. The predicted molar refractivity (Wildman–Crippen MR) is 98.2 cm³/mol. The van der Waals surface area contributed by atoms with Gasteiger partial charge in [0.1, 0.15) is 11.9 Å². The van der Waals surface area contributed by atoms with E-state index in [1.54, 1.807) is 12.1 Å². The van der Waals surface area contributed by atoms with Crippen LogP contribution in [0.4, 0.5) is 4.39 Å². The number of carbonyl (C=O) groups is 1. The smallest absolute Gasteiger partial charge is 0.251 e. The number of benzene rings is 1. The number of nitrogens with zero attached hydrogens (tertiary/aromatic N) is 2. The van der Waals surface area contributed by atoms with Crippen molar-refractivity contribution in [1.82, 2.24) is 9.80 Å². The van der Waals surface area contributed by atoms with Crippen LogP contribution in [0.15, 0.2) is 24.3 Å². The number of hydrogen-bond acceptors (Lipinski definition) is 3. The van der Waals surface area contributed by atoms with Crippen LogP contribution in [-0.4, -0.2) is 53.6 Å². The molecule has 1 unspecified atom stereocenters. The van der Waals surface area contributed by atoms with Crippen molar-refractivity contribution in [2.45, 2.75) is 63.1 Å². The number of rotatable bonds is 3. The molecule has 3 aliphatic heterocycles. The van der Waals surface area contributed by atoms with E-state index in [0.29, 0.717) is 0 Å². The predicted octanol–water partition coefficient (Wildman–Crippen LogP) is 3.35. The zero-order valence-electron chi connectivity index (χ0n) is 15.5. The number of ether oxygens (including phenoxy) is 1. The highest BCUT2D eigenvalue weighted by Crippen LogP contribution is 2.39. The monoisotopic (exact) mass is 360 g/mol. The maximum absolute atomic E-state index is 13.2. The van der Waals surface area contributed by atoms with E-state index in [-0.39, 0.29) is 23.4 Å². The maximum atomic E-state index is 13.2. The van der Waals surface area contributed by atoms with Crippen molar-refractivity contribution in [3.63, 3.8) is 0 Å². The summed E-state index contributed by atoms with van der Waals surface area (Å²) < 4.78 is 18.8. The Balaban J connectivity index is 1.42. The Morgan fingerprint density at radius 3 is 2.58 bits per heavy atom. The van der Waals surface area contributed by atoms with E-state index in [2.05, 4.69) is 4.90 Å². The molecule has 1 spiro atoms. The summed E-state index contributed by atoms with van der Waals surface area (Å²) in [4.78, 5) is 17.3. The van der Waals surface area contributed by atoms with E-state index in [1.807, 2.05) is 17.0 Å². The highest BCUT2D eigenvalue weighted by atomic mass is 19.1. The van der Waals surface area contributed by atoms with Gasteiger partial charge in [0.25, 0.3) is 5.91 Å². The lowest BCUT2D eigenvalue weighted by atomic mass is 9.87. The van der Waals surface area contributed by atoms with E-state index in [0.717, 1.165) is 64.9 Å². The zero-order valence-corrected chi connectivity index (χ0v) is 15.5. The molecule has 1 aromatic carbocycles. The molecule has 0 aromatic heterocycles. The number of amides is 1. The third-order valence-electron chi connectivity index (χ3n) is 6.46. The van der Waals surface area contributed by atoms with Gasteiger partial charge in [0.15, 0.2) is 0 Å². The average Bonchev–Trinajstić information content (AvgIpc) is 3.25. The first-order chi connectivity index (χ1) is 12.7. The van der Waals surface area contributed by atoms with Gasteiger partial charge in [-0.15, -0.1) is 0 Å². The van der Waals surface area contributed by atoms with Crippen LogP contribution in [-0.2, 0) is 16.1 Å². The van der Waals surface area contributed by atoms with Gasteiger partial charge < -0.3 is 9.64 Å². The first-order valence-electron chi connectivity index (χ1n) is 10.1. The lowest BCUT2D eigenvalue weighted by Gasteiger charge is -2.38. The van der Waals surface area contributed by atoms with E-state index in [1.165, 1.54) is 18.4 Å². The van der Waals surface area contributed by atoms with E-state index in [9.17, 15) is 9.18 Å². The number of hydrogen-bond donors (Lipinski definition) is 0.